The van der Waals surface area contributed by atoms with Gasteiger partial charge in [-0.05, 0) is 49.9 Å². The van der Waals surface area contributed by atoms with Gasteiger partial charge in [0.15, 0.2) is 0 Å². The normalized spacial score (nSPS) is 18.9. The predicted molar refractivity (Wildman–Crippen MR) is 79.8 cm³/mol. The quantitative estimate of drug-likeness (QED) is 0.915. The Bertz CT molecular complexity index is 474. The molecule has 2 N–H and O–H groups in total. The van der Waals surface area contributed by atoms with Crippen LogP contribution in [-0.2, 0) is 4.79 Å². The number of carbonyl (C=O) groups excluding carboxylic acids is 1. The molecular weight excluding hydrogens is 252 g/mol. The lowest BCUT2D eigenvalue weighted by atomic mass is 10.1. The van der Waals surface area contributed by atoms with Crippen molar-refractivity contribution in [2.75, 3.05) is 19.7 Å². The van der Waals surface area contributed by atoms with E-state index in [4.69, 9.17) is 10.5 Å². The van der Waals surface area contributed by atoms with E-state index in [1.165, 1.54) is 11.1 Å². The van der Waals surface area contributed by atoms with Crippen molar-refractivity contribution in [3.8, 4) is 5.75 Å². The van der Waals surface area contributed by atoms with Crippen molar-refractivity contribution in [2.24, 2.45) is 5.73 Å². The van der Waals surface area contributed by atoms with Crippen molar-refractivity contribution < 1.29 is 9.53 Å². The number of ether oxygens (including phenoxy) is 1. The van der Waals surface area contributed by atoms with E-state index >= 15 is 0 Å². The minimum Gasteiger partial charge on any atom is -0.493 e. The van der Waals surface area contributed by atoms with E-state index in [9.17, 15) is 4.79 Å². The minimum atomic E-state index is 0.133. The fourth-order valence-corrected chi connectivity index (χ4v) is 2.45. The van der Waals surface area contributed by atoms with Crippen LogP contribution in [0.1, 0.15) is 30.4 Å². The Balaban J connectivity index is 1.77. The second kappa shape index (κ2) is 6.75. The smallest absolute Gasteiger partial charge is 0.226 e. The lowest BCUT2D eigenvalue weighted by Crippen LogP contribution is -2.46. The van der Waals surface area contributed by atoms with Crippen LogP contribution in [-0.4, -0.2) is 36.5 Å². The van der Waals surface area contributed by atoms with Crippen LogP contribution in [0.15, 0.2) is 18.2 Å². The highest BCUT2D eigenvalue weighted by atomic mass is 16.5. The van der Waals surface area contributed by atoms with Crippen molar-refractivity contribution in [3.63, 3.8) is 0 Å². The first-order valence-corrected chi connectivity index (χ1v) is 7.29. The third-order valence-electron chi connectivity index (χ3n) is 3.87. The Kier molecular flexibility index (Phi) is 5.01. The van der Waals surface area contributed by atoms with Gasteiger partial charge in [0.2, 0.25) is 5.91 Å². The monoisotopic (exact) mass is 276 g/mol. The minimum absolute atomic E-state index is 0.133. The first-order chi connectivity index (χ1) is 9.56. The van der Waals surface area contributed by atoms with Crippen LogP contribution < -0.4 is 10.5 Å². The highest BCUT2D eigenvalue weighted by molar-refractivity contribution is 5.76. The summed E-state index contributed by atoms with van der Waals surface area (Å²) >= 11 is 0. The van der Waals surface area contributed by atoms with Gasteiger partial charge in [-0.1, -0.05) is 6.07 Å². The van der Waals surface area contributed by atoms with Crippen molar-refractivity contribution in [2.45, 2.75) is 39.2 Å². The van der Waals surface area contributed by atoms with Gasteiger partial charge < -0.3 is 15.4 Å². The number of aryl methyl sites for hydroxylation is 2. The fourth-order valence-electron chi connectivity index (χ4n) is 2.45. The number of nitrogens with two attached hydrogens (primary N) is 1. The van der Waals surface area contributed by atoms with E-state index in [0.29, 0.717) is 19.6 Å². The summed E-state index contributed by atoms with van der Waals surface area (Å²) < 4.78 is 5.65. The van der Waals surface area contributed by atoms with E-state index in [1.807, 2.05) is 23.1 Å². The molecule has 1 atom stereocenters. The number of rotatable bonds is 4. The van der Waals surface area contributed by atoms with Gasteiger partial charge in [-0.3, -0.25) is 4.79 Å². The molecule has 1 aliphatic heterocycles. The van der Waals surface area contributed by atoms with Crippen LogP contribution in [0.4, 0.5) is 0 Å². The van der Waals surface area contributed by atoms with Gasteiger partial charge in [-0.25, -0.2) is 0 Å². The Morgan fingerprint density at radius 2 is 2.20 bits per heavy atom. The van der Waals surface area contributed by atoms with Gasteiger partial charge >= 0.3 is 0 Å². The van der Waals surface area contributed by atoms with Crippen molar-refractivity contribution in [3.05, 3.63) is 29.3 Å². The fraction of sp³-hybridized carbons (Fsp3) is 0.562. The summed E-state index contributed by atoms with van der Waals surface area (Å²) in [6.45, 7) is 6.07. The second-order valence-corrected chi connectivity index (χ2v) is 5.59. The van der Waals surface area contributed by atoms with Gasteiger partial charge in [-0.15, -0.1) is 0 Å². The Morgan fingerprint density at radius 1 is 1.40 bits per heavy atom. The zero-order valence-corrected chi connectivity index (χ0v) is 12.4. The number of benzene rings is 1. The molecule has 2 rings (SSSR count). The van der Waals surface area contributed by atoms with Gasteiger partial charge in [0, 0.05) is 19.1 Å². The van der Waals surface area contributed by atoms with Crippen molar-refractivity contribution in [1.29, 1.82) is 0 Å². The largest absolute Gasteiger partial charge is 0.493 e. The Hall–Kier alpha value is -1.55. The maximum atomic E-state index is 12.0. The maximum absolute atomic E-state index is 12.0. The lowest BCUT2D eigenvalue weighted by Gasteiger charge is -2.30. The van der Waals surface area contributed by atoms with Crippen LogP contribution in [0.5, 0.6) is 5.75 Å². The van der Waals surface area contributed by atoms with Crippen LogP contribution >= 0.6 is 0 Å². The molecule has 0 aromatic heterocycles. The highest BCUT2D eigenvalue weighted by Gasteiger charge is 2.20. The number of carbonyl (C=O) groups is 1. The van der Waals surface area contributed by atoms with E-state index < -0.39 is 0 Å². The van der Waals surface area contributed by atoms with Gasteiger partial charge in [0.1, 0.15) is 5.75 Å². The average Bonchev–Trinajstić information content (AvgIpc) is 2.42. The second-order valence-electron chi connectivity index (χ2n) is 5.59. The summed E-state index contributed by atoms with van der Waals surface area (Å²) in [7, 11) is 0. The Labute approximate surface area is 120 Å². The van der Waals surface area contributed by atoms with E-state index in [2.05, 4.69) is 13.8 Å². The number of amides is 1. The Morgan fingerprint density at radius 3 is 2.90 bits per heavy atom. The summed E-state index contributed by atoms with van der Waals surface area (Å²) in [6.07, 6.45) is 2.44. The molecule has 1 amide bonds. The molecule has 20 heavy (non-hydrogen) atoms. The zero-order valence-electron chi connectivity index (χ0n) is 12.4. The summed E-state index contributed by atoms with van der Waals surface area (Å²) in [5.74, 6) is 0.972. The number of likely N-dealkylation sites (tertiary alicyclic amines) is 1. The van der Waals surface area contributed by atoms with Gasteiger partial charge in [0.25, 0.3) is 0 Å². The van der Waals surface area contributed by atoms with Gasteiger partial charge in [-0.2, -0.15) is 0 Å². The molecule has 0 bridgehead atoms. The summed E-state index contributed by atoms with van der Waals surface area (Å²) in [5, 5.41) is 0. The molecule has 0 unspecified atom stereocenters. The predicted octanol–water partition coefficient (Wildman–Crippen LogP) is 2.02. The molecule has 0 aliphatic carbocycles. The molecule has 1 aromatic carbocycles. The summed E-state index contributed by atoms with van der Waals surface area (Å²) in [6, 6.07) is 6.13. The highest BCUT2D eigenvalue weighted by Crippen LogP contribution is 2.17. The topological polar surface area (TPSA) is 55.6 Å². The molecule has 4 heteroatoms. The van der Waals surface area contributed by atoms with Gasteiger partial charge in [0.05, 0.1) is 13.0 Å². The molecule has 0 spiro atoms. The third-order valence-corrected chi connectivity index (χ3v) is 3.87. The van der Waals surface area contributed by atoms with E-state index in [-0.39, 0.29) is 11.9 Å². The van der Waals surface area contributed by atoms with Crippen LogP contribution in [0.2, 0.25) is 0 Å². The van der Waals surface area contributed by atoms with Crippen molar-refractivity contribution in [1.82, 2.24) is 4.90 Å². The SMILES string of the molecule is Cc1ccc(OCCC(=O)N2CCC[C@@H](N)C2)cc1C. The molecule has 1 saturated heterocycles. The standard InChI is InChI=1S/C16H24N2O2/c1-12-5-6-15(10-13(12)2)20-9-7-16(19)18-8-3-4-14(17)11-18/h5-6,10,14H,3-4,7-9,11,17H2,1-2H3/t14-/m1/s1. The first kappa shape index (κ1) is 14.9. The molecule has 1 heterocycles. The molecule has 1 aliphatic rings. The summed E-state index contributed by atoms with van der Waals surface area (Å²) in [4.78, 5) is 13.9. The molecular formula is C16H24N2O2. The molecule has 110 valence electrons. The van der Waals surface area contributed by atoms with Crippen molar-refractivity contribution >= 4 is 5.91 Å². The van der Waals surface area contributed by atoms with Crippen LogP contribution in [0.3, 0.4) is 0 Å². The molecule has 1 aromatic rings. The van der Waals surface area contributed by atoms with E-state index in [1.54, 1.807) is 0 Å². The van der Waals surface area contributed by atoms with Crippen LogP contribution in [0.25, 0.3) is 0 Å². The first-order valence-electron chi connectivity index (χ1n) is 7.29. The number of piperidine rings is 1. The molecule has 4 nitrogen and oxygen atoms in total. The zero-order chi connectivity index (χ0) is 14.5. The molecule has 1 fully saturated rings. The molecule has 0 saturated carbocycles. The number of hydrogen-bond acceptors (Lipinski definition) is 3. The van der Waals surface area contributed by atoms with Crippen LogP contribution in [0, 0.1) is 13.8 Å². The van der Waals surface area contributed by atoms with E-state index in [0.717, 1.165) is 25.1 Å². The molecule has 0 radical (unpaired) electrons. The average molecular weight is 276 g/mol. The summed E-state index contributed by atoms with van der Waals surface area (Å²) in [5.41, 5.74) is 8.34. The third kappa shape index (κ3) is 3.97. The number of hydrogen-bond donors (Lipinski definition) is 1. The maximum Gasteiger partial charge on any atom is 0.226 e. The number of nitrogens with zero attached hydrogens (tertiary/aromatic N) is 1. The lowest BCUT2D eigenvalue weighted by molar-refractivity contribution is -0.132.